The van der Waals surface area contributed by atoms with Gasteiger partial charge in [0.2, 0.25) is 0 Å². The van der Waals surface area contributed by atoms with Crippen molar-refractivity contribution in [3.05, 3.63) is 60.8 Å². The van der Waals surface area contributed by atoms with Crippen LogP contribution in [-0.2, 0) is 28.6 Å². The standard InChI is InChI=1S/C53H92O6/c1-4-7-10-13-16-19-22-24-25-26-27-29-31-34-37-40-43-46-52(55)58-49-50(48-57-51(54)45-42-39-36-33-30-21-18-15-12-9-6-3)59-53(56)47-44-41-38-35-32-28-23-20-17-14-11-8-5-2/h15,18,21,24-25,28,30,32,38,41,50H,4-14,16-17,19-20,22-23,26-27,29,31,33-37,39-40,42-49H2,1-3H3/b18-15-,25-24-,30-21-,32-28-,41-38-. The Labute approximate surface area is 364 Å². The second kappa shape index (κ2) is 47.8. The van der Waals surface area contributed by atoms with Gasteiger partial charge in [0.05, 0.1) is 0 Å². The lowest BCUT2D eigenvalue weighted by Crippen LogP contribution is -2.30. The SMILES string of the molecule is CCCC/C=C\C=C/CCCCCC(=O)OCC(COC(=O)CCCCCCCCC/C=C\CCCCCCCC)OC(=O)CC/C=C\C/C=C\CCCCCCCC. The summed E-state index contributed by atoms with van der Waals surface area (Å²) in [5, 5.41) is 0. The minimum Gasteiger partial charge on any atom is -0.462 e. The van der Waals surface area contributed by atoms with Crippen molar-refractivity contribution in [2.75, 3.05) is 13.2 Å². The van der Waals surface area contributed by atoms with Crippen molar-refractivity contribution in [3.63, 3.8) is 0 Å². The molecule has 1 atom stereocenters. The fraction of sp³-hybridized carbons (Fsp3) is 0.755. The van der Waals surface area contributed by atoms with E-state index < -0.39 is 6.10 Å². The number of carbonyl (C=O) groups excluding carboxylic acids is 3. The Morgan fingerprint density at radius 3 is 1.19 bits per heavy atom. The summed E-state index contributed by atoms with van der Waals surface area (Å²) in [6, 6.07) is 0. The Morgan fingerprint density at radius 2 is 0.712 bits per heavy atom. The second-order valence-electron chi connectivity index (χ2n) is 16.4. The van der Waals surface area contributed by atoms with Crippen LogP contribution >= 0.6 is 0 Å². The number of ether oxygens (including phenoxy) is 3. The number of hydrogen-bond donors (Lipinski definition) is 0. The lowest BCUT2D eigenvalue weighted by molar-refractivity contribution is -0.166. The van der Waals surface area contributed by atoms with Gasteiger partial charge in [-0.2, -0.15) is 0 Å². The minimum atomic E-state index is -0.815. The quantitative estimate of drug-likeness (QED) is 0.0200. The first-order valence-corrected chi connectivity index (χ1v) is 24.8. The first kappa shape index (κ1) is 56.1. The highest BCUT2D eigenvalue weighted by Gasteiger charge is 2.19. The van der Waals surface area contributed by atoms with Gasteiger partial charge >= 0.3 is 17.9 Å². The Balaban J connectivity index is 4.44. The summed E-state index contributed by atoms with van der Waals surface area (Å²) in [6.07, 6.45) is 57.9. The van der Waals surface area contributed by atoms with Gasteiger partial charge in [-0.3, -0.25) is 14.4 Å². The third kappa shape index (κ3) is 46.0. The maximum Gasteiger partial charge on any atom is 0.306 e. The number of unbranched alkanes of at least 4 members (excludes halogenated alkanes) is 24. The zero-order valence-electron chi connectivity index (χ0n) is 38.8. The molecule has 0 rings (SSSR count). The lowest BCUT2D eigenvalue weighted by Gasteiger charge is -2.18. The van der Waals surface area contributed by atoms with E-state index in [1.54, 1.807) is 0 Å². The van der Waals surface area contributed by atoms with Crippen LogP contribution in [0, 0.1) is 0 Å². The van der Waals surface area contributed by atoms with Crippen molar-refractivity contribution in [1.82, 2.24) is 0 Å². The van der Waals surface area contributed by atoms with Gasteiger partial charge in [-0.05, 0) is 83.5 Å². The largest absolute Gasteiger partial charge is 0.462 e. The van der Waals surface area contributed by atoms with Crippen molar-refractivity contribution in [3.8, 4) is 0 Å². The summed E-state index contributed by atoms with van der Waals surface area (Å²) >= 11 is 0. The van der Waals surface area contributed by atoms with Gasteiger partial charge in [-0.1, -0.05) is 197 Å². The second-order valence-corrected chi connectivity index (χ2v) is 16.4. The number of rotatable bonds is 44. The van der Waals surface area contributed by atoms with E-state index in [1.165, 1.54) is 128 Å². The molecular weight excluding hydrogens is 733 g/mol. The van der Waals surface area contributed by atoms with E-state index in [-0.39, 0.29) is 37.5 Å². The molecule has 0 aromatic rings. The molecular formula is C53H92O6. The zero-order chi connectivity index (χ0) is 43.0. The smallest absolute Gasteiger partial charge is 0.306 e. The molecule has 0 heterocycles. The van der Waals surface area contributed by atoms with Crippen molar-refractivity contribution >= 4 is 17.9 Å². The van der Waals surface area contributed by atoms with Crippen LogP contribution < -0.4 is 0 Å². The summed E-state index contributed by atoms with van der Waals surface area (Å²) in [7, 11) is 0. The van der Waals surface area contributed by atoms with Crippen molar-refractivity contribution in [2.24, 2.45) is 0 Å². The maximum atomic E-state index is 12.7. The molecule has 0 fully saturated rings. The molecule has 0 aromatic heterocycles. The molecule has 0 saturated carbocycles. The van der Waals surface area contributed by atoms with Crippen LogP contribution in [0.3, 0.4) is 0 Å². The number of carbonyl (C=O) groups is 3. The molecule has 6 heteroatoms. The molecule has 0 spiro atoms. The van der Waals surface area contributed by atoms with Gasteiger partial charge < -0.3 is 14.2 Å². The van der Waals surface area contributed by atoms with Crippen LogP contribution in [0.1, 0.15) is 239 Å². The molecule has 340 valence electrons. The number of esters is 3. The third-order valence-electron chi connectivity index (χ3n) is 10.5. The van der Waals surface area contributed by atoms with Crippen LogP contribution in [0.4, 0.5) is 0 Å². The molecule has 0 aromatic carbocycles. The Morgan fingerprint density at radius 1 is 0.356 bits per heavy atom. The Kier molecular flexibility index (Phi) is 45.4. The van der Waals surface area contributed by atoms with E-state index in [0.29, 0.717) is 19.3 Å². The van der Waals surface area contributed by atoms with Gasteiger partial charge in [-0.25, -0.2) is 0 Å². The topological polar surface area (TPSA) is 78.9 Å². The average molecular weight is 825 g/mol. The van der Waals surface area contributed by atoms with E-state index in [4.69, 9.17) is 14.2 Å². The molecule has 0 aliphatic rings. The molecule has 0 aliphatic heterocycles. The summed E-state index contributed by atoms with van der Waals surface area (Å²) in [4.78, 5) is 37.8. The first-order chi connectivity index (χ1) is 29.0. The Bertz CT molecular complexity index is 1090. The highest BCUT2D eigenvalue weighted by Crippen LogP contribution is 2.13. The average Bonchev–Trinajstić information content (AvgIpc) is 3.23. The number of hydrogen-bond acceptors (Lipinski definition) is 6. The van der Waals surface area contributed by atoms with Gasteiger partial charge in [0.1, 0.15) is 13.2 Å². The molecule has 6 nitrogen and oxygen atoms in total. The monoisotopic (exact) mass is 825 g/mol. The third-order valence-corrected chi connectivity index (χ3v) is 10.5. The summed E-state index contributed by atoms with van der Waals surface area (Å²) in [5.41, 5.74) is 0. The van der Waals surface area contributed by atoms with E-state index >= 15 is 0 Å². The van der Waals surface area contributed by atoms with Crippen LogP contribution in [0.2, 0.25) is 0 Å². The molecule has 59 heavy (non-hydrogen) atoms. The molecule has 1 unspecified atom stereocenters. The predicted octanol–water partition coefficient (Wildman–Crippen LogP) is 16.1. The van der Waals surface area contributed by atoms with Crippen LogP contribution in [0.15, 0.2) is 60.8 Å². The zero-order valence-corrected chi connectivity index (χ0v) is 38.8. The van der Waals surface area contributed by atoms with Crippen molar-refractivity contribution in [2.45, 2.75) is 245 Å². The molecule has 0 aliphatic carbocycles. The normalized spacial score (nSPS) is 12.5. The van der Waals surface area contributed by atoms with Crippen molar-refractivity contribution < 1.29 is 28.6 Å². The summed E-state index contributed by atoms with van der Waals surface area (Å²) < 4.78 is 16.7. The van der Waals surface area contributed by atoms with Gasteiger partial charge in [0.15, 0.2) is 6.10 Å². The van der Waals surface area contributed by atoms with Gasteiger partial charge in [-0.15, -0.1) is 0 Å². The van der Waals surface area contributed by atoms with E-state index in [2.05, 4.69) is 75.5 Å². The Hall–Kier alpha value is -2.89. The summed E-state index contributed by atoms with van der Waals surface area (Å²) in [5.74, 6) is -1.01. The van der Waals surface area contributed by atoms with Crippen LogP contribution in [0.5, 0.6) is 0 Å². The predicted molar refractivity (Wildman–Crippen MR) is 251 cm³/mol. The summed E-state index contributed by atoms with van der Waals surface area (Å²) in [6.45, 7) is 6.49. The molecule has 0 radical (unpaired) electrons. The van der Waals surface area contributed by atoms with Crippen LogP contribution in [-0.4, -0.2) is 37.2 Å². The van der Waals surface area contributed by atoms with Crippen LogP contribution in [0.25, 0.3) is 0 Å². The highest BCUT2D eigenvalue weighted by molar-refractivity contribution is 5.71. The molecule has 0 saturated heterocycles. The minimum absolute atomic E-state index is 0.107. The van der Waals surface area contributed by atoms with E-state index in [1.807, 2.05) is 6.08 Å². The molecule has 0 N–H and O–H groups in total. The highest BCUT2D eigenvalue weighted by atomic mass is 16.6. The lowest BCUT2D eigenvalue weighted by atomic mass is 10.1. The van der Waals surface area contributed by atoms with Gasteiger partial charge in [0, 0.05) is 19.3 Å². The fourth-order valence-electron chi connectivity index (χ4n) is 6.70. The molecule has 0 amide bonds. The fourth-order valence-corrected chi connectivity index (χ4v) is 6.70. The van der Waals surface area contributed by atoms with E-state index in [9.17, 15) is 14.4 Å². The maximum absolute atomic E-state index is 12.7. The first-order valence-electron chi connectivity index (χ1n) is 24.8. The van der Waals surface area contributed by atoms with Gasteiger partial charge in [0.25, 0.3) is 0 Å². The number of allylic oxidation sites excluding steroid dienone is 10. The van der Waals surface area contributed by atoms with E-state index in [0.717, 1.165) is 64.2 Å². The molecule has 0 bridgehead atoms. The van der Waals surface area contributed by atoms with Crippen molar-refractivity contribution in [1.29, 1.82) is 0 Å².